The summed E-state index contributed by atoms with van der Waals surface area (Å²) >= 11 is 0. The Hall–Kier alpha value is -3.66. The van der Waals surface area contributed by atoms with Crippen molar-refractivity contribution in [2.75, 3.05) is 13.2 Å². The highest BCUT2D eigenvalue weighted by molar-refractivity contribution is 5.91. The zero-order chi connectivity index (χ0) is 26.2. The predicted molar refractivity (Wildman–Crippen MR) is 122 cm³/mol. The minimum absolute atomic E-state index is 0.0457. The fourth-order valence-corrected chi connectivity index (χ4v) is 3.35. The molecule has 1 unspecified atom stereocenters. The van der Waals surface area contributed by atoms with Gasteiger partial charge in [0.05, 0.1) is 24.3 Å². The number of amides is 1. The maximum Gasteiger partial charge on any atom is 0.416 e. The number of carbonyl (C=O) groups excluding carboxylic acids is 1. The summed E-state index contributed by atoms with van der Waals surface area (Å²) in [6.45, 7) is -0.373. The molecule has 0 saturated heterocycles. The number of nitrogens with one attached hydrogen (secondary N) is 1. The second-order valence-corrected chi connectivity index (χ2v) is 7.90. The van der Waals surface area contributed by atoms with Crippen LogP contribution < -0.4 is 5.32 Å². The van der Waals surface area contributed by atoms with Crippen molar-refractivity contribution in [3.05, 3.63) is 107 Å². The van der Waals surface area contributed by atoms with Gasteiger partial charge < -0.3 is 10.1 Å². The number of aromatic nitrogens is 1. The summed E-state index contributed by atoms with van der Waals surface area (Å²) in [5, 5.41) is 2.74. The van der Waals surface area contributed by atoms with Gasteiger partial charge in [0.1, 0.15) is 0 Å². The topological polar surface area (TPSA) is 51.2 Å². The Morgan fingerprint density at radius 2 is 1.53 bits per heavy atom. The van der Waals surface area contributed by atoms with E-state index in [1.165, 1.54) is 6.08 Å². The molecule has 3 rings (SSSR count). The van der Waals surface area contributed by atoms with Crippen LogP contribution in [0.4, 0.5) is 26.3 Å². The van der Waals surface area contributed by atoms with E-state index in [1.807, 2.05) is 0 Å². The molecule has 1 atom stereocenters. The first-order chi connectivity index (χ1) is 17.0. The molecule has 4 nitrogen and oxygen atoms in total. The summed E-state index contributed by atoms with van der Waals surface area (Å²) in [6.07, 6.45) is -3.74. The number of ether oxygens (including phenoxy) is 1. The Labute approximate surface area is 203 Å². The average molecular weight is 508 g/mol. The molecule has 1 aromatic heterocycles. The maximum atomic E-state index is 13.1. The van der Waals surface area contributed by atoms with E-state index >= 15 is 0 Å². The smallest absolute Gasteiger partial charge is 0.376 e. The molecule has 36 heavy (non-hydrogen) atoms. The van der Waals surface area contributed by atoms with Crippen LogP contribution in [0.15, 0.2) is 79.1 Å². The molecule has 0 aliphatic carbocycles. The summed E-state index contributed by atoms with van der Waals surface area (Å²) in [6, 6.07) is 13.7. The van der Waals surface area contributed by atoms with Gasteiger partial charge in [-0.2, -0.15) is 26.3 Å². The lowest BCUT2D eigenvalue weighted by Crippen LogP contribution is -2.29. The lowest BCUT2D eigenvalue weighted by Gasteiger charge is -2.19. The van der Waals surface area contributed by atoms with Crippen molar-refractivity contribution < 1.29 is 35.9 Å². The lowest BCUT2D eigenvalue weighted by molar-refractivity contribution is -0.143. The van der Waals surface area contributed by atoms with Crippen LogP contribution in [-0.4, -0.2) is 24.0 Å². The second kappa shape index (κ2) is 11.9. The number of halogens is 6. The number of alkyl halides is 6. The first-order valence-corrected chi connectivity index (χ1v) is 10.8. The third-order valence-electron chi connectivity index (χ3n) is 5.16. The molecule has 0 fully saturated rings. The van der Waals surface area contributed by atoms with E-state index in [0.717, 1.165) is 11.1 Å². The van der Waals surface area contributed by atoms with E-state index in [9.17, 15) is 31.1 Å². The zero-order valence-electron chi connectivity index (χ0n) is 18.8. The SMILES string of the molecule is O=C(C=Cc1ccncc1)NCC(COCc1cc(C(F)(F)F)cc(C(F)(F)F)c1)c1ccccc1. The first kappa shape index (κ1) is 26.9. The van der Waals surface area contributed by atoms with Gasteiger partial charge in [-0.1, -0.05) is 30.3 Å². The largest absolute Gasteiger partial charge is 0.416 e. The number of carbonyl (C=O) groups is 1. The maximum absolute atomic E-state index is 13.1. The van der Waals surface area contributed by atoms with Crippen LogP contribution in [-0.2, 0) is 28.5 Å². The van der Waals surface area contributed by atoms with Crippen LogP contribution in [0.25, 0.3) is 6.08 Å². The molecular weight excluding hydrogens is 486 g/mol. The Morgan fingerprint density at radius 1 is 0.917 bits per heavy atom. The van der Waals surface area contributed by atoms with E-state index in [2.05, 4.69) is 10.3 Å². The molecule has 2 aromatic carbocycles. The van der Waals surface area contributed by atoms with Gasteiger partial charge in [-0.3, -0.25) is 9.78 Å². The van der Waals surface area contributed by atoms with Crippen LogP contribution >= 0.6 is 0 Å². The standard InChI is InChI=1S/C26H22F6N2O2/c27-25(28,29)22-12-19(13-23(14-22)26(30,31)32)16-36-17-21(20-4-2-1-3-5-20)15-34-24(35)7-6-18-8-10-33-11-9-18/h1-14,21H,15-17H2,(H,34,35). The summed E-state index contributed by atoms with van der Waals surface area (Å²) in [4.78, 5) is 16.1. The highest BCUT2D eigenvalue weighted by Gasteiger charge is 2.36. The lowest BCUT2D eigenvalue weighted by atomic mass is 10.00. The van der Waals surface area contributed by atoms with Crippen molar-refractivity contribution in [2.24, 2.45) is 0 Å². The molecule has 1 heterocycles. The van der Waals surface area contributed by atoms with Crippen LogP contribution in [0, 0.1) is 0 Å². The molecular formula is C26H22F6N2O2. The van der Waals surface area contributed by atoms with Crippen molar-refractivity contribution >= 4 is 12.0 Å². The first-order valence-electron chi connectivity index (χ1n) is 10.8. The van der Waals surface area contributed by atoms with Gasteiger partial charge >= 0.3 is 12.4 Å². The fraction of sp³-hybridized carbons (Fsp3) is 0.231. The van der Waals surface area contributed by atoms with Crippen LogP contribution in [0.2, 0.25) is 0 Å². The van der Waals surface area contributed by atoms with E-state index in [4.69, 9.17) is 4.74 Å². The van der Waals surface area contributed by atoms with Crippen LogP contribution in [0.5, 0.6) is 0 Å². The van der Waals surface area contributed by atoms with Gasteiger partial charge in [0.25, 0.3) is 0 Å². The van der Waals surface area contributed by atoms with Crippen molar-refractivity contribution in [1.82, 2.24) is 10.3 Å². The van der Waals surface area contributed by atoms with Gasteiger partial charge in [-0.25, -0.2) is 0 Å². The Kier molecular flexibility index (Phi) is 8.87. The van der Waals surface area contributed by atoms with Crippen LogP contribution in [0.1, 0.15) is 33.7 Å². The van der Waals surface area contributed by atoms with Gasteiger partial charge in [0, 0.05) is 30.9 Å². The summed E-state index contributed by atoms with van der Waals surface area (Å²) < 4.78 is 84.1. The highest BCUT2D eigenvalue weighted by atomic mass is 19.4. The fourth-order valence-electron chi connectivity index (χ4n) is 3.35. The van der Waals surface area contributed by atoms with Crippen LogP contribution in [0.3, 0.4) is 0 Å². The zero-order valence-corrected chi connectivity index (χ0v) is 18.8. The average Bonchev–Trinajstić information content (AvgIpc) is 2.84. The number of hydrogen-bond donors (Lipinski definition) is 1. The predicted octanol–water partition coefficient (Wildman–Crippen LogP) is 6.25. The summed E-state index contributed by atoms with van der Waals surface area (Å²) in [5.41, 5.74) is -1.49. The number of pyridine rings is 1. The second-order valence-electron chi connectivity index (χ2n) is 7.90. The minimum Gasteiger partial charge on any atom is -0.376 e. The molecule has 0 spiro atoms. The molecule has 0 aliphatic heterocycles. The normalized spacial score (nSPS) is 13.1. The number of hydrogen-bond acceptors (Lipinski definition) is 3. The number of benzene rings is 2. The third-order valence-corrected chi connectivity index (χ3v) is 5.16. The third kappa shape index (κ3) is 8.23. The van der Waals surface area contributed by atoms with Gasteiger partial charge in [0.2, 0.25) is 5.91 Å². The molecule has 190 valence electrons. The van der Waals surface area contributed by atoms with Crippen molar-refractivity contribution in [2.45, 2.75) is 24.9 Å². The van der Waals surface area contributed by atoms with Gasteiger partial charge in [-0.15, -0.1) is 0 Å². The molecule has 0 radical (unpaired) electrons. The summed E-state index contributed by atoms with van der Waals surface area (Å²) in [5.74, 6) is -0.766. The molecule has 3 aromatic rings. The van der Waals surface area contributed by atoms with Crippen molar-refractivity contribution in [3.8, 4) is 0 Å². The Bertz CT molecular complexity index is 1130. The van der Waals surface area contributed by atoms with Crippen molar-refractivity contribution in [1.29, 1.82) is 0 Å². The van der Waals surface area contributed by atoms with E-state index in [1.54, 1.807) is 60.9 Å². The molecule has 0 aliphatic rings. The minimum atomic E-state index is -4.93. The number of nitrogens with zero attached hydrogens (tertiary/aromatic N) is 1. The Morgan fingerprint density at radius 3 is 2.11 bits per heavy atom. The van der Waals surface area contributed by atoms with Crippen molar-refractivity contribution in [3.63, 3.8) is 0 Å². The highest BCUT2D eigenvalue weighted by Crippen LogP contribution is 2.36. The molecule has 1 amide bonds. The Balaban J connectivity index is 1.67. The van der Waals surface area contributed by atoms with Gasteiger partial charge in [0.15, 0.2) is 0 Å². The molecule has 10 heteroatoms. The molecule has 0 saturated carbocycles. The quantitative estimate of drug-likeness (QED) is 0.275. The van der Waals surface area contributed by atoms with Gasteiger partial charge in [-0.05, 0) is 53.1 Å². The van der Waals surface area contributed by atoms with E-state index in [-0.39, 0.29) is 30.7 Å². The summed E-state index contributed by atoms with van der Waals surface area (Å²) in [7, 11) is 0. The van der Waals surface area contributed by atoms with E-state index in [0.29, 0.717) is 12.1 Å². The molecule has 1 N–H and O–H groups in total. The monoisotopic (exact) mass is 508 g/mol. The van der Waals surface area contributed by atoms with E-state index < -0.39 is 36.0 Å². The number of rotatable bonds is 9. The molecule has 0 bridgehead atoms.